The Morgan fingerprint density at radius 2 is 1.75 bits per heavy atom. The van der Waals surface area contributed by atoms with Gasteiger partial charge in [-0.1, -0.05) is 30.3 Å². The van der Waals surface area contributed by atoms with Crippen LogP contribution in [0.15, 0.2) is 30.3 Å². The molecule has 0 saturated carbocycles. The SMILES string of the molecule is CCOC(=O)C(F)(F)C(=O)C(OCC)c1ccccc1. The molecule has 0 heterocycles. The molecule has 1 aromatic carbocycles. The smallest absolute Gasteiger partial charge is 0.402 e. The maximum Gasteiger partial charge on any atom is 0.402 e. The summed E-state index contributed by atoms with van der Waals surface area (Å²) in [4.78, 5) is 23.1. The fourth-order valence-electron chi connectivity index (χ4n) is 1.60. The highest BCUT2D eigenvalue weighted by atomic mass is 19.3. The van der Waals surface area contributed by atoms with E-state index in [0.29, 0.717) is 0 Å². The van der Waals surface area contributed by atoms with Crippen molar-refractivity contribution in [1.82, 2.24) is 0 Å². The number of ether oxygens (including phenoxy) is 2. The maximum atomic E-state index is 13.8. The van der Waals surface area contributed by atoms with E-state index in [1.54, 1.807) is 25.1 Å². The summed E-state index contributed by atoms with van der Waals surface area (Å²) in [7, 11) is 0. The van der Waals surface area contributed by atoms with Crippen LogP contribution in [0, 0.1) is 0 Å². The molecule has 1 rings (SSSR count). The Bertz CT molecular complexity index is 460. The summed E-state index contributed by atoms with van der Waals surface area (Å²) in [6, 6.07) is 7.84. The van der Waals surface area contributed by atoms with Crippen LogP contribution in [0.3, 0.4) is 0 Å². The van der Waals surface area contributed by atoms with Gasteiger partial charge in [0.05, 0.1) is 6.61 Å². The number of hydrogen-bond acceptors (Lipinski definition) is 4. The van der Waals surface area contributed by atoms with Crippen molar-refractivity contribution in [3.8, 4) is 0 Å². The molecule has 0 aliphatic rings. The minimum atomic E-state index is -4.23. The van der Waals surface area contributed by atoms with E-state index in [0.717, 1.165) is 0 Å². The fraction of sp³-hybridized carbons (Fsp3) is 0.429. The van der Waals surface area contributed by atoms with Crippen molar-refractivity contribution in [1.29, 1.82) is 0 Å². The first-order valence-electron chi connectivity index (χ1n) is 6.21. The molecule has 20 heavy (non-hydrogen) atoms. The number of rotatable bonds is 7. The Kier molecular flexibility index (Phi) is 5.76. The number of alkyl halides is 2. The highest BCUT2D eigenvalue weighted by molar-refractivity contribution is 6.07. The largest absolute Gasteiger partial charge is 0.461 e. The third-order valence-electron chi connectivity index (χ3n) is 2.52. The standard InChI is InChI=1S/C14H16F2O4/c1-3-19-11(10-8-6-5-7-9-10)12(17)14(15,16)13(18)20-4-2/h5-9,11H,3-4H2,1-2H3. The molecule has 0 aromatic heterocycles. The maximum absolute atomic E-state index is 13.8. The van der Waals surface area contributed by atoms with Crippen molar-refractivity contribution < 1.29 is 27.8 Å². The minimum Gasteiger partial charge on any atom is -0.461 e. The molecule has 0 radical (unpaired) electrons. The average molecular weight is 286 g/mol. The summed E-state index contributed by atoms with van der Waals surface area (Å²) in [6.45, 7) is 2.79. The van der Waals surface area contributed by atoms with Crippen LogP contribution in [0.5, 0.6) is 0 Å². The van der Waals surface area contributed by atoms with Crippen molar-refractivity contribution >= 4 is 11.8 Å². The number of carbonyl (C=O) groups is 2. The third kappa shape index (κ3) is 3.60. The van der Waals surface area contributed by atoms with Crippen LogP contribution >= 0.6 is 0 Å². The molecule has 0 aliphatic heterocycles. The van der Waals surface area contributed by atoms with Gasteiger partial charge in [0.1, 0.15) is 6.10 Å². The molecule has 0 N–H and O–H groups in total. The Morgan fingerprint density at radius 1 is 1.15 bits per heavy atom. The first kappa shape index (κ1) is 16.2. The lowest BCUT2D eigenvalue weighted by atomic mass is 10.0. The van der Waals surface area contributed by atoms with E-state index in [9.17, 15) is 18.4 Å². The summed E-state index contributed by atoms with van der Waals surface area (Å²) < 4.78 is 36.8. The molecule has 0 bridgehead atoms. The highest BCUT2D eigenvalue weighted by Gasteiger charge is 2.52. The molecule has 0 spiro atoms. The van der Waals surface area contributed by atoms with Gasteiger partial charge in [-0.25, -0.2) is 4.79 Å². The predicted molar refractivity (Wildman–Crippen MR) is 67.4 cm³/mol. The van der Waals surface area contributed by atoms with Crippen LogP contribution in [0.25, 0.3) is 0 Å². The van der Waals surface area contributed by atoms with Gasteiger partial charge >= 0.3 is 11.9 Å². The number of benzene rings is 1. The zero-order chi connectivity index (χ0) is 15.2. The van der Waals surface area contributed by atoms with Gasteiger partial charge in [-0.05, 0) is 19.4 Å². The first-order valence-corrected chi connectivity index (χ1v) is 6.21. The summed E-state index contributed by atoms with van der Waals surface area (Å²) in [5, 5.41) is 0. The number of Topliss-reactive ketones (excluding diaryl/α,β-unsaturated/α-hetero) is 1. The van der Waals surface area contributed by atoms with Crippen LogP contribution in [-0.4, -0.2) is 30.9 Å². The first-order chi connectivity index (χ1) is 9.45. The summed E-state index contributed by atoms with van der Waals surface area (Å²) in [6.07, 6.45) is -1.50. The number of hydrogen-bond donors (Lipinski definition) is 0. The van der Waals surface area contributed by atoms with Crippen LogP contribution in [0.2, 0.25) is 0 Å². The van der Waals surface area contributed by atoms with Crippen molar-refractivity contribution in [2.75, 3.05) is 13.2 Å². The zero-order valence-electron chi connectivity index (χ0n) is 11.3. The quantitative estimate of drug-likeness (QED) is 0.571. The Labute approximate surface area is 115 Å². The fourth-order valence-corrected chi connectivity index (χ4v) is 1.60. The van der Waals surface area contributed by atoms with Gasteiger partial charge in [0.15, 0.2) is 0 Å². The third-order valence-corrected chi connectivity index (χ3v) is 2.52. The van der Waals surface area contributed by atoms with E-state index in [1.165, 1.54) is 19.1 Å². The topological polar surface area (TPSA) is 52.6 Å². The Balaban J connectivity index is 3.03. The molecule has 1 aromatic rings. The lowest BCUT2D eigenvalue weighted by Crippen LogP contribution is -2.43. The van der Waals surface area contributed by atoms with Crippen molar-refractivity contribution in [3.05, 3.63) is 35.9 Å². The van der Waals surface area contributed by atoms with Crippen LogP contribution in [0.4, 0.5) is 8.78 Å². The molecule has 4 nitrogen and oxygen atoms in total. The minimum absolute atomic E-state index is 0.0597. The predicted octanol–water partition coefficient (Wildman–Crippen LogP) is 2.53. The van der Waals surface area contributed by atoms with E-state index in [4.69, 9.17) is 4.74 Å². The molecular weight excluding hydrogens is 270 g/mol. The monoisotopic (exact) mass is 286 g/mol. The molecule has 110 valence electrons. The van der Waals surface area contributed by atoms with Gasteiger partial charge in [-0.2, -0.15) is 8.78 Å². The van der Waals surface area contributed by atoms with E-state index < -0.39 is 23.8 Å². The van der Waals surface area contributed by atoms with E-state index in [-0.39, 0.29) is 18.8 Å². The summed E-state index contributed by atoms with van der Waals surface area (Å²) in [5.41, 5.74) is 0.267. The van der Waals surface area contributed by atoms with Crippen LogP contribution in [0.1, 0.15) is 25.5 Å². The number of esters is 1. The van der Waals surface area contributed by atoms with Gasteiger partial charge in [0.2, 0.25) is 5.78 Å². The normalized spacial score (nSPS) is 12.8. The van der Waals surface area contributed by atoms with E-state index >= 15 is 0 Å². The number of ketones is 1. The molecule has 0 saturated heterocycles. The average Bonchev–Trinajstić information content (AvgIpc) is 2.45. The molecule has 6 heteroatoms. The van der Waals surface area contributed by atoms with Gasteiger partial charge in [-0.15, -0.1) is 0 Å². The molecule has 0 amide bonds. The number of halogens is 2. The second kappa shape index (κ2) is 7.09. The van der Waals surface area contributed by atoms with Gasteiger partial charge in [-0.3, -0.25) is 4.79 Å². The van der Waals surface area contributed by atoms with Gasteiger partial charge < -0.3 is 9.47 Å². The zero-order valence-corrected chi connectivity index (χ0v) is 11.3. The molecule has 0 aliphatic carbocycles. The highest BCUT2D eigenvalue weighted by Crippen LogP contribution is 2.28. The van der Waals surface area contributed by atoms with Crippen molar-refractivity contribution in [3.63, 3.8) is 0 Å². The Morgan fingerprint density at radius 3 is 2.25 bits per heavy atom. The molecule has 1 atom stereocenters. The van der Waals surface area contributed by atoms with Gasteiger partial charge in [0.25, 0.3) is 0 Å². The van der Waals surface area contributed by atoms with Gasteiger partial charge in [0, 0.05) is 6.61 Å². The summed E-state index contributed by atoms with van der Waals surface area (Å²) >= 11 is 0. The summed E-state index contributed by atoms with van der Waals surface area (Å²) in [5.74, 6) is -7.71. The van der Waals surface area contributed by atoms with E-state index in [2.05, 4.69) is 4.74 Å². The van der Waals surface area contributed by atoms with Crippen molar-refractivity contribution in [2.45, 2.75) is 25.9 Å². The molecule has 0 fully saturated rings. The molecule has 1 unspecified atom stereocenters. The Hall–Kier alpha value is -1.82. The lowest BCUT2D eigenvalue weighted by Gasteiger charge is -2.21. The number of carbonyl (C=O) groups excluding carboxylic acids is 2. The van der Waals surface area contributed by atoms with Crippen molar-refractivity contribution in [2.24, 2.45) is 0 Å². The van der Waals surface area contributed by atoms with Crippen LogP contribution < -0.4 is 0 Å². The van der Waals surface area contributed by atoms with E-state index in [1.807, 2.05) is 0 Å². The molecular formula is C14H16F2O4. The lowest BCUT2D eigenvalue weighted by molar-refractivity contribution is -0.181. The second-order valence-corrected chi connectivity index (χ2v) is 3.91. The second-order valence-electron chi connectivity index (χ2n) is 3.91. The van der Waals surface area contributed by atoms with Crippen LogP contribution in [-0.2, 0) is 19.1 Å².